The molecule has 1 aromatic carbocycles. The third-order valence-electron chi connectivity index (χ3n) is 3.34. The highest BCUT2D eigenvalue weighted by Gasteiger charge is 2.30. The second kappa shape index (κ2) is 5.76. The van der Waals surface area contributed by atoms with Crippen molar-refractivity contribution >= 4 is 11.1 Å². The molecule has 0 amide bonds. The molecule has 0 spiro atoms. The minimum Gasteiger partial charge on any atom is -0.768 e. The third-order valence-corrected chi connectivity index (χ3v) is 3.99. The van der Waals surface area contributed by atoms with Crippen molar-refractivity contribution in [2.45, 2.75) is 58.8 Å². The summed E-state index contributed by atoms with van der Waals surface area (Å²) in [6.45, 7) is 13.4. The molecule has 0 aromatic heterocycles. The molecular formula is C16H25O2S-. The number of hydrogen-bond donors (Lipinski definition) is 0. The number of benzene rings is 1. The summed E-state index contributed by atoms with van der Waals surface area (Å²) in [5, 5.41) is 0. The van der Waals surface area contributed by atoms with Crippen LogP contribution < -0.4 is 0 Å². The van der Waals surface area contributed by atoms with E-state index >= 15 is 0 Å². The Kier molecular flexibility index (Phi) is 4.97. The molecule has 108 valence electrons. The van der Waals surface area contributed by atoms with Crippen LogP contribution in [-0.4, -0.2) is 8.76 Å². The Hall–Kier alpha value is -0.670. The van der Waals surface area contributed by atoms with Crippen LogP contribution in [-0.2, 0) is 11.1 Å². The number of hydrogen-bond acceptors (Lipinski definition) is 2. The molecule has 2 atom stereocenters. The van der Waals surface area contributed by atoms with Crippen molar-refractivity contribution in [3.05, 3.63) is 29.8 Å². The molecule has 0 N–H and O–H groups in total. The Balaban J connectivity index is 3.08. The molecule has 0 heterocycles. The Bertz CT molecular complexity index is 435. The number of rotatable bonds is 3. The fraction of sp³-hybridized carbons (Fsp3) is 0.625. The van der Waals surface area contributed by atoms with Crippen LogP contribution in [0, 0.1) is 10.8 Å². The standard InChI is InChI=1S/C16H26O2S/c1-15(2,3)11-14(16(4,5)6)12-7-9-13(10-8-12)19(17)18/h7-10,14H,11H2,1-6H3,(H,17,18)/p-1. The van der Waals surface area contributed by atoms with Gasteiger partial charge in [-0.05, 0) is 51.9 Å². The lowest BCUT2D eigenvalue weighted by Crippen LogP contribution is -2.23. The van der Waals surface area contributed by atoms with Crippen LogP contribution in [0.1, 0.15) is 59.4 Å². The van der Waals surface area contributed by atoms with E-state index in [4.69, 9.17) is 0 Å². The summed E-state index contributed by atoms with van der Waals surface area (Å²) in [4.78, 5) is 0.354. The summed E-state index contributed by atoms with van der Waals surface area (Å²) in [7, 11) is 0. The highest BCUT2D eigenvalue weighted by atomic mass is 32.2. The minimum atomic E-state index is -2.14. The molecule has 0 aliphatic carbocycles. The Labute approximate surface area is 119 Å². The van der Waals surface area contributed by atoms with Gasteiger partial charge in [0.15, 0.2) is 0 Å². The molecule has 0 bridgehead atoms. The lowest BCUT2D eigenvalue weighted by Gasteiger charge is -2.36. The van der Waals surface area contributed by atoms with Gasteiger partial charge in [0.05, 0.1) is 0 Å². The van der Waals surface area contributed by atoms with Gasteiger partial charge >= 0.3 is 0 Å². The maximum absolute atomic E-state index is 10.9. The van der Waals surface area contributed by atoms with Crippen molar-refractivity contribution in [1.82, 2.24) is 0 Å². The van der Waals surface area contributed by atoms with Crippen LogP contribution in [0.3, 0.4) is 0 Å². The van der Waals surface area contributed by atoms with Gasteiger partial charge in [-0.25, -0.2) is 0 Å². The first kappa shape index (κ1) is 16.4. The molecule has 1 aromatic rings. The molecule has 0 saturated heterocycles. The third kappa shape index (κ3) is 5.07. The van der Waals surface area contributed by atoms with Crippen molar-refractivity contribution in [2.24, 2.45) is 10.8 Å². The van der Waals surface area contributed by atoms with E-state index < -0.39 is 11.1 Å². The van der Waals surface area contributed by atoms with Crippen LogP contribution in [0.25, 0.3) is 0 Å². The lowest BCUT2D eigenvalue weighted by atomic mass is 9.69. The molecule has 0 saturated carbocycles. The topological polar surface area (TPSA) is 40.1 Å². The van der Waals surface area contributed by atoms with E-state index in [1.807, 2.05) is 12.1 Å². The minimum absolute atomic E-state index is 0.158. The first-order chi connectivity index (χ1) is 8.50. The Morgan fingerprint density at radius 2 is 1.53 bits per heavy atom. The van der Waals surface area contributed by atoms with Crippen LogP contribution in [0.15, 0.2) is 29.2 Å². The van der Waals surface area contributed by atoms with Gasteiger partial charge in [-0.1, -0.05) is 53.7 Å². The monoisotopic (exact) mass is 281 g/mol. The van der Waals surface area contributed by atoms with Gasteiger partial charge in [-0.3, -0.25) is 4.21 Å². The molecule has 0 aliphatic heterocycles. The van der Waals surface area contributed by atoms with E-state index in [0.29, 0.717) is 10.8 Å². The van der Waals surface area contributed by atoms with Gasteiger partial charge in [0.1, 0.15) is 0 Å². The highest BCUT2D eigenvalue weighted by Crippen LogP contribution is 2.43. The average molecular weight is 281 g/mol. The molecule has 0 aliphatic rings. The maximum Gasteiger partial charge on any atom is 0.0248 e. The summed E-state index contributed by atoms with van der Waals surface area (Å²) in [5.74, 6) is 0.418. The molecular weight excluding hydrogens is 256 g/mol. The summed E-state index contributed by atoms with van der Waals surface area (Å²) in [6.07, 6.45) is 1.08. The first-order valence-corrected chi connectivity index (χ1v) is 7.77. The molecule has 0 radical (unpaired) electrons. The molecule has 2 unspecified atom stereocenters. The smallest absolute Gasteiger partial charge is 0.0248 e. The largest absolute Gasteiger partial charge is 0.768 e. The van der Waals surface area contributed by atoms with Gasteiger partial charge in [0, 0.05) is 4.90 Å². The summed E-state index contributed by atoms with van der Waals surface area (Å²) < 4.78 is 21.8. The maximum atomic E-state index is 10.9. The van der Waals surface area contributed by atoms with Crippen molar-refractivity contribution in [1.29, 1.82) is 0 Å². The first-order valence-electron chi connectivity index (χ1n) is 6.70. The SMILES string of the molecule is CC(C)(C)CC(c1ccc(S(=O)[O-])cc1)C(C)(C)C. The fourth-order valence-corrected chi connectivity index (χ4v) is 2.71. The van der Waals surface area contributed by atoms with Gasteiger partial charge < -0.3 is 4.55 Å². The van der Waals surface area contributed by atoms with Crippen molar-refractivity contribution in [2.75, 3.05) is 0 Å². The predicted molar refractivity (Wildman–Crippen MR) is 79.9 cm³/mol. The van der Waals surface area contributed by atoms with Crippen molar-refractivity contribution < 1.29 is 8.76 Å². The fourth-order valence-electron chi connectivity index (χ4n) is 2.35. The predicted octanol–water partition coefficient (Wildman–Crippen LogP) is 4.49. The quantitative estimate of drug-likeness (QED) is 0.766. The van der Waals surface area contributed by atoms with E-state index in [0.717, 1.165) is 6.42 Å². The second-order valence-corrected chi connectivity index (χ2v) is 8.43. The van der Waals surface area contributed by atoms with E-state index in [2.05, 4.69) is 41.5 Å². The van der Waals surface area contributed by atoms with E-state index in [1.54, 1.807) is 12.1 Å². The summed E-state index contributed by atoms with van der Waals surface area (Å²) >= 11 is -2.14. The van der Waals surface area contributed by atoms with Crippen LogP contribution >= 0.6 is 0 Å². The lowest BCUT2D eigenvalue weighted by molar-refractivity contribution is 0.229. The Morgan fingerprint density at radius 1 is 1.05 bits per heavy atom. The second-order valence-electron chi connectivity index (χ2n) is 7.49. The van der Waals surface area contributed by atoms with E-state index in [1.165, 1.54) is 5.56 Å². The Morgan fingerprint density at radius 3 is 1.84 bits per heavy atom. The normalized spacial score (nSPS) is 16.2. The van der Waals surface area contributed by atoms with Gasteiger partial charge in [0.25, 0.3) is 0 Å². The van der Waals surface area contributed by atoms with E-state index in [9.17, 15) is 8.76 Å². The van der Waals surface area contributed by atoms with Crippen LogP contribution in [0.4, 0.5) is 0 Å². The molecule has 2 nitrogen and oxygen atoms in total. The summed E-state index contributed by atoms with van der Waals surface area (Å²) in [5.41, 5.74) is 1.63. The van der Waals surface area contributed by atoms with Gasteiger partial charge in [-0.15, -0.1) is 0 Å². The molecule has 1 rings (SSSR count). The van der Waals surface area contributed by atoms with Crippen molar-refractivity contribution in [3.63, 3.8) is 0 Å². The molecule has 3 heteroatoms. The zero-order chi connectivity index (χ0) is 14.8. The molecule has 19 heavy (non-hydrogen) atoms. The van der Waals surface area contributed by atoms with E-state index in [-0.39, 0.29) is 10.8 Å². The van der Waals surface area contributed by atoms with Crippen LogP contribution in [0.2, 0.25) is 0 Å². The zero-order valence-corrected chi connectivity index (χ0v) is 13.6. The zero-order valence-electron chi connectivity index (χ0n) is 12.8. The van der Waals surface area contributed by atoms with Gasteiger partial charge in [0.2, 0.25) is 0 Å². The van der Waals surface area contributed by atoms with Crippen molar-refractivity contribution in [3.8, 4) is 0 Å². The van der Waals surface area contributed by atoms with Crippen LogP contribution in [0.5, 0.6) is 0 Å². The highest BCUT2D eigenvalue weighted by molar-refractivity contribution is 7.79. The van der Waals surface area contributed by atoms with Gasteiger partial charge in [-0.2, -0.15) is 0 Å². The summed E-state index contributed by atoms with van der Waals surface area (Å²) in [6, 6.07) is 7.29. The molecule has 0 fully saturated rings. The average Bonchev–Trinajstić information content (AvgIpc) is 2.23.